The quantitative estimate of drug-likeness (QED) is 0.0723. The van der Waals surface area contributed by atoms with Gasteiger partial charge in [0.25, 0.3) is 0 Å². The number of carboxylic acid groups (broad SMARTS) is 1. The molecule has 13 atom stereocenters. The van der Waals surface area contributed by atoms with E-state index in [0.717, 1.165) is 52.9 Å². The highest BCUT2D eigenvalue weighted by Crippen LogP contribution is 2.53. The number of unbranched alkanes of at least 4 members (excludes halogenated alkanes) is 2. The number of methoxy groups -OCH3 is 2. The number of aliphatic hydroxyl groups excluding tert-OH is 6. The first-order chi connectivity index (χ1) is 31.6. The van der Waals surface area contributed by atoms with E-state index in [4.69, 9.17) is 30.4 Å². The Kier molecular flexibility index (Phi) is 16.4. The Morgan fingerprint density at radius 3 is 1.75 bits per heavy atom. The van der Waals surface area contributed by atoms with Crippen molar-refractivity contribution < 1.29 is 73.7 Å². The number of carbonyl (C=O) groups is 3. The van der Waals surface area contributed by atoms with Crippen molar-refractivity contribution in [3.63, 3.8) is 0 Å². The van der Waals surface area contributed by atoms with Gasteiger partial charge >= 0.3 is 5.97 Å². The monoisotopic (exact) mass is 936 g/mol. The van der Waals surface area contributed by atoms with Gasteiger partial charge < -0.3 is 66.2 Å². The third-order valence-corrected chi connectivity index (χ3v) is 14.6. The molecule has 3 aliphatic heterocycles. The molecule has 13 unspecified atom stereocenters. The van der Waals surface area contributed by atoms with Crippen LogP contribution in [0.4, 0.5) is 5.69 Å². The number of nitrogens with two attached hydrogens (primary N) is 2. The van der Waals surface area contributed by atoms with Gasteiger partial charge in [-0.25, -0.2) is 0 Å². The molecule has 0 bridgehead atoms. The van der Waals surface area contributed by atoms with Crippen LogP contribution in [0.2, 0.25) is 0 Å². The van der Waals surface area contributed by atoms with Crippen LogP contribution in [0.25, 0.3) is 0 Å². The maximum Gasteiger partial charge on any atom is 0.303 e. The van der Waals surface area contributed by atoms with Gasteiger partial charge in [-0.05, 0) is 74.8 Å². The molecule has 17 heteroatoms. The first-order valence-electron chi connectivity index (χ1n) is 23.2. The second kappa shape index (κ2) is 21.1. The number of hydrogen-bond donors (Lipinski definition) is 9. The minimum absolute atomic E-state index is 0.0345. The number of hydrogen-bond acceptors (Lipinski definition) is 13. The third kappa shape index (κ3) is 10.3. The van der Waals surface area contributed by atoms with Gasteiger partial charge in [0.1, 0.15) is 43.2 Å². The number of amides is 2. The molecule has 0 saturated carbocycles. The predicted octanol–water partition coefficient (Wildman–Crippen LogP) is 2.50. The first kappa shape index (κ1) is 52.0. The van der Waals surface area contributed by atoms with Crippen LogP contribution in [-0.2, 0) is 44.2 Å². The van der Waals surface area contributed by atoms with Crippen LogP contribution in [0.5, 0.6) is 0 Å². The van der Waals surface area contributed by atoms with Gasteiger partial charge in [0, 0.05) is 49.7 Å². The molecule has 4 aliphatic rings. The highest BCUT2D eigenvalue weighted by atomic mass is 16.7. The molecule has 368 valence electrons. The normalized spacial score (nSPS) is 31.5. The molecule has 67 heavy (non-hydrogen) atoms. The summed E-state index contributed by atoms with van der Waals surface area (Å²) >= 11 is 0. The highest BCUT2D eigenvalue weighted by molar-refractivity contribution is 6.03. The molecule has 11 N–H and O–H groups in total. The average Bonchev–Trinajstić information content (AvgIpc) is 3.63. The molecule has 1 aliphatic carbocycles. The molecule has 0 radical (unpaired) electrons. The van der Waals surface area contributed by atoms with Crippen molar-refractivity contribution in [2.45, 2.75) is 170 Å². The van der Waals surface area contributed by atoms with Gasteiger partial charge in [0.2, 0.25) is 17.5 Å². The van der Waals surface area contributed by atoms with Crippen molar-refractivity contribution in [1.82, 2.24) is 0 Å². The van der Waals surface area contributed by atoms with E-state index in [0.29, 0.717) is 24.1 Å². The number of primary amides is 2. The number of aliphatic carboxylic acids is 1. The van der Waals surface area contributed by atoms with Gasteiger partial charge in [-0.2, -0.15) is 4.58 Å². The van der Waals surface area contributed by atoms with Crippen LogP contribution in [0.3, 0.4) is 0 Å². The second-order valence-corrected chi connectivity index (χ2v) is 19.4. The number of ether oxygens (including phenoxy) is 4. The standard InChI is InChI=1S/C50H69N3O14/c1-8-53-34-20-18-26(30(46(52)63)24-36-40(57)42(59)44(61)48(65-7)67-36)22-33(34)50(4,5)37(53)15-12-14-31-27(13-10-9-11-16-38(54)55)28-19-17-25(21-32(28)49(31,2)3)29(45(51)62)23-35-39(56)41(58)43(60)47(64-6)66-35/h12,14-15,17-22,27,29-30,35-36,39-44,47-48,56-61H,8-11,13,16,23-24H2,1-7H3,(H4-,51,52,54,55,62,63)/p+1. The molecule has 3 heterocycles. The number of benzene rings is 2. The van der Waals surface area contributed by atoms with Crippen LogP contribution in [0.1, 0.15) is 125 Å². The molecule has 6 rings (SSSR count). The van der Waals surface area contributed by atoms with Crippen molar-refractivity contribution in [2.24, 2.45) is 11.5 Å². The molecule has 2 aromatic carbocycles. The molecule has 0 aromatic heterocycles. The van der Waals surface area contributed by atoms with Crippen LogP contribution in [-0.4, -0.2) is 146 Å². The summed E-state index contributed by atoms with van der Waals surface area (Å²) in [6.07, 6.45) is -4.53. The summed E-state index contributed by atoms with van der Waals surface area (Å²) in [5, 5.41) is 72.6. The summed E-state index contributed by atoms with van der Waals surface area (Å²) in [6.45, 7) is 11.2. The van der Waals surface area contributed by atoms with Gasteiger partial charge in [0.15, 0.2) is 18.3 Å². The fourth-order valence-corrected chi connectivity index (χ4v) is 10.7. The van der Waals surface area contributed by atoms with Crippen LogP contribution >= 0.6 is 0 Å². The predicted molar refractivity (Wildman–Crippen MR) is 246 cm³/mol. The van der Waals surface area contributed by atoms with Crippen LogP contribution in [0.15, 0.2) is 60.2 Å². The van der Waals surface area contributed by atoms with E-state index in [1.807, 2.05) is 42.5 Å². The number of carboxylic acids is 1. The third-order valence-electron chi connectivity index (χ3n) is 14.6. The van der Waals surface area contributed by atoms with E-state index in [-0.39, 0.29) is 25.2 Å². The molecule has 2 amide bonds. The summed E-state index contributed by atoms with van der Waals surface area (Å²) in [7, 11) is 2.61. The summed E-state index contributed by atoms with van der Waals surface area (Å²) in [5.41, 5.74) is 18.2. The second-order valence-electron chi connectivity index (χ2n) is 19.4. The lowest BCUT2D eigenvalue weighted by molar-refractivity contribution is -0.433. The summed E-state index contributed by atoms with van der Waals surface area (Å²) < 4.78 is 24.1. The maximum atomic E-state index is 13.1. The Morgan fingerprint density at radius 1 is 0.731 bits per heavy atom. The molecular weight excluding hydrogens is 867 g/mol. The van der Waals surface area contributed by atoms with Crippen LogP contribution in [0, 0.1) is 0 Å². The molecule has 17 nitrogen and oxygen atoms in total. The largest absolute Gasteiger partial charge is 0.481 e. The number of carbonyl (C=O) groups excluding carboxylic acids is 2. The van der Waals surface area contributed by atoms with Crippen molar-refractivity contribution >= 4 is 29.2 Å². The first-order valence-corrected chi connectivity index (χ1v) is 23.2. The van der Waals surface area contributed by atoms with E-state index >= 15 is 0 Å². The Balaban J connectivity index is 1.31. The van der Waals surface area contributed by atoms with Gasteiger partial charge in [-0.1, -0.05) is 68.7 Å². The summed E-state index contributed by atoms with van der Waals surface area (Å²) in [5.74, 6) is -3.98. The highest BCUT2D eigenvalue weighted by Gasteiger charge is 2.49. The minimum atomic E-state index is -1.56. The Morgan fingerprint density at radius 2 is 1.25 bits per heavy atom. The number of nitrogens with zero attached hydrogens (tertiary/aromatic N) is 1. The zero-order valence-electron chi connectivity index (χ0n) is 39.4. The molecule has 0 spiro atoms. The average molecular weight is 937 g/mol. The van der Waals surface area contributed by atoms with E-state index in [9.17, 15) is 50.1 Å². The Bertz CT molecular complexity index is 2240. The van der Waals surface area contributed by atoms with E-state index in [1.54, 1.807) is 0 Å². The number of rotatable bonds is 19. The molecule has 2 aromatic rings. The fraction of sp³-hybridized carbons (Fsp3) is 0.600. The zero-order valence-corrected chi connectivity index (χ0v) is 39.4. The minimum Gasteiger partial charge on any atom is -0.481 e. The molecule has 2 fully saturated rings. The number of aliphatic hydroxyl groups is 6. The topological polar surface area (TPSA) is 285 Å². The van der Waals surface area contributed by atoms with E-state index < -0.39 is 102 Å². The van der Waals surface area contributed by atoms with Gasteiger partial charge in [0.05, 0.1) is 29.5 Å². The summed E-state index contributed by atoms with van der Waals surface area (Å²) in [4.78, 5) is 37.4. The zero-order chi connectivity index (χ0) is 49.3. The van der Waals surface area contributed by atoms with Crippen molar-refractivity contribution in [2.75, 3.05) is 20.8 Å². The smallest absolute Gasteiger partial charge is 0.303 e. The van der Waals surface area contributed by atoms with Gasteiger partial charge in [-0.15, -0.1) is 0 Å². The molecular formula is C50H70N3O14+. The lowest BCUT2D eigenvalue weighted by atomic mass is 9.78. The lowest BCUT2D eigenvalue weighted by Crippen LogP contribution is -2.58. The number of fused-ring (bicyclic) bond motifs is 2. The lowest BCUT2D eigenvalue weighted by Gasteiger charge is -2.40. The van der Waals surface area contributed by atoms with Crippen molar-refractivity contribution in [1.29, 1.82) is 0 Å². The molecule has 2 saturated heterocycles. The maximum absolute atomic E-state index is 13.1. The van der Waals surface area contributed by atoms with Gasteiger partial charge in [-0.3, -0.25) is 14.4 Å². The van der Waals surface area contributed by atoms with E-state index in [2.05, 4.69) is 51.3 Å². The Labute approximate surface area is 391 Å². The van der Waals surface area contributed by atoms with Crippen molar-refractivity contribution in [3.8, 4) is 0 Å². The van der Waals surface area contributed by atoms with Crippen LogP contribution < -0.4 is 11.5 Å². The fourth-order valence-electron chi connectivity index (χ4n) is 10.7. The SMILES string of the molecule is CC[N+]1=C(C=CC=C2C(CCCCCC(=O)O)c3ccc(C(CC4OC(OC)C(O)C(O)C4O)C(N)=O)cc3C2(C)C)C(C)(C)c2cc(C(CC3OC(OC)C(O)C(O)C3O)C(N)=O)ccc21. The summed E-state index contributed by atoms with van der Waals surface area (Å²) in [6, 6.07) is 11.6. The van der Waals surface area contributed by atoms with Crippen molar-refractivity contribution in [3.05, 3.63) is 88.0 Å². The number of allylic oxidation sites excluding steroid dienone is 4. The van der Waals surface area contributed by atoms with E-state index in [1.165, 1.54) is 14.2 Å². The Hall–Kier alpha value is -4.40.